The van der Waals surface area contributed by atoms with Crippen LogP contribution < -0.4 is 0 Å². The highest BCUT2D eigenvalue weighted by molar-refractivity contribution is 9.09. The monoisotopic (exact) mass is 270 g/mol. The molecule has 0 aliphatic carbocycles. The lowest BCUT2D eigenvalue weighted by molar-refractivity contribution is 0.529. The van der Waals surface area contributed by atoms with Gasteiger partial charge in [0.1, 0.15) is 5.76 Å². The van der Waals surface area contributed by atoms with E-state index in [2.05, 4.69) is 32.8 Å². The standard InChI is InChI=1S/C11H11BrOS/c1-8-10(2-4-13-8)11(12)6-9-3-5-14-7-9/h2-5,7,11H,6H2,1H3. The predicted molar refractivity (Wildman–Crippen MR) is 63.1 cm³/mol. The lowest BCUT2D eigenvalue weighted by atomic mass is 10.1. The number of thiophene rings is 1. The molecule has 0 fully saturated rings. The van der Waals surface area contributed by atoms with Crippen molar-refractivity contribution in [3.05, 3.63) is 46.0 Å². The Morgan fingerprint density at radius 2 is 2.36 bits per heavy atom. The van der Waals surface area contributed by atoms with E-state index in [0.29, 0.717) is 4.83 Å². The molecule has 14 heavy (non-hydrogen) atoms. The zero-order valence-electron chi connectivity index (χ0n) is 7.87. The van der Waals surface area contributed by atoms with Crippen LogP contribution in [0.4, 0.5) is 0 Å². The molecular weight excluding hydrogens is 260 g/mol. The van der Waals surface area contributed by atoms with Gasteiger partial charge >= 0.3 is 0 Å². The number of aryl methyl sites for hydroxylation is 1. The fourth-order valence-electron chi connectivity index (χ4n) is 1.45. The van der Waals surface area contributed by atoms with Crippen LogP contribution >= 0.6 is 27.3 Å². The van der Waals surface area contributed by atoms with Crippen LogP contribution in [0.1, 0.15) is 21.7 Å². The van der Waals surface area contributed by atoms with Crippen molar-refractivity contribution < 1.29 is 4.42 Å². The average Bonchev–Trinajstić information content (AvgIpc) is 2.75. The predicted octanol–water partition coefficient (Wildman–Crippen LogP) is 4.33. The lowest BCUT2D eigenvalue weighted by Gasteiger charge is -2.06. The highest BCUT2D eigenvalue weighted by atomic mass is 79.9. The van der Waals surface area contributed by atoms with E-state index >= 15 is 0 Å². The maximum atomic E-state index is 5.28. The first-order valence-corrected chi connectivity index (χ1v) is 6.32. The third-order valence-corrected chi connectivity index (χ3v) is 3.78. The van der Waals surface area contributed by atoms with E-state index in [1.54, 1.807) is 17.6 Å². The van der Waals surface area contributed by atoms with Gasteiger partial charge in [0.15, 0.2) is 0 Å². The molecule has 0 aliphatic heterocycles. The van der Waals surface area contributed by atoms with Crippen molar-refractivity contribution in [2.75, 3.05) is 0 Å². The Bertz CT molecular complexity index is 391. The molecule has 0 spiro atoms. The molecule has 0 radical (unpaired) electrons. The molecule has 1 atom stereocenters. The minimum Gasteiger partial charge on any atom is -0.469 e. The van der Waals surface area contributed by atoms with Crippen LogP contribution in [0, 0.1) is 6.92 Å². The summed E-state index contributed by atoms with van der Waals surface area (Å²) in [6.45, 7) is 2.00. The van der Waals surface area contributed by atoms with Gasteiger partial charge in [-0.2, -0.15) is 11.3 Å². The molecule has 0 saturated heterocycles. The molecule has 1 unspecified atom stereocenters. The first-order valence-electron chi connectivity index (χ1n) is 4.46. The number of rotatable bonds is 3. The van der Waals surface area contributed by atoms with E-state index in [-0.39, 0.29) is 0 Å². The SMILES string of the molecule is Cc1occc1C(Br)Cc1ccsc1. The molecule has 2 heterocycles. The normalized spacial score (nSPS) is 13.0. The van der Waals surface area contributed by atoms with E-state index in [9.17, 15) is 0 Å². The molecule has 1 nitrogen and oxygen atoms in total. The van der Waals surface area contributed by atoms with Crippen LogP contribution in [0.15, 0.2) is 33.6 Å². The molecule has 2 rings (SSSR count). The van der Waals surface area contributed by atoms with Crippen molar-refractivity contribution in [1.82, 2.24) is 0 Å². The number of furan rings is 1. The third-order valence-electron chi connectivity index (χ3n) is 2.23. The third kappa shape index (κ3) is 2.10. The van der Waals surface area contributed by atoms with Gasteiger partial charge in [-0.25, -0.2) is 0 Å². The van der Waals surface area contributed by atoms with Gasteiger partial charge in [-0.15, -0.1) is 0 Å². The van der Waals surface area contributed by atoms with Gasteiger partial charge in [0.25, 0.3) is 0 Å². The summed E-state index contributed by atoms with van der Waals surface area (Å²) in [6.07, 6.45) is 2.76. The second-order valence-electron chi connectivity index (χ2n) is 3.24. The molecule has 74 valence electrons. The van der Waals surface area contributed by atoms with Gasteiger partial charge in [-0.05, 0) is 41.8 Å². The maximum Gasteiger partial charge on any atom is 0.105 e. The Hall–Kier alpha value is -0.540. The van der Waals surface area contributed by atoms with Gasteiger partial charge in [0, 0.05) is 10.4 Å². The van der Waals surface area contributed by atoms with Crippen LogP contribution in [0.5, 0.6) is 0 Å². The Morgan fingerprint density at radius 1 is 1.50 bits per heavy atom. The van der Waals surface area contributed by atoms with Crippen molar-refractivity contribution >= 4 is 27.3 Å². The van der Waals surface area contributed by atoms with Crippen LogP contribution in [0.25, 0.3) is 0 Å². The summed E-state index contributed by atoms with van der Waals surface area (Å²) in [4.78, 5) is 0.357. The number of hydrogen-bond donors (Lipinski definition) is 0. The molecule has 0 bridgehead atoms. The number of halogens is 1. The summed E-state index contributed by atoms with van der Waals surface area (Å²) in [6, 6.07) is 4.19. The van der Waals surface area contributed by atoms with Gasteiger partial charge in [-0.3, -0.25) is 0 Å². The van der Waals surface area contributed by atoms with Gasteiger partial charge < -0.3 is 4.42 Å². The van der Waals surface area contributed by atoms with Crippen LogP contribution in [-0.2, 0) is 6.42 Å². The Balaban J connectivity index is 2.10. The van der Waals surface area contributed by atoms with E-state index in [1.165, 1.54) is 11.1 Å². The summed E-state index contributed by atoms with van der Waals surface area (Å²) in [5, 5.41) is 4.29. The highest BCUT2D eigenvalue weighted by Gasteiger charge is 2.12. The van der Waals surface area contributed by atoms with Gasteiger partial charge in [0.05, 0.1) is 6.26 Å². The zero-order valence-corrected chi connectivity index (χ0v) is 10.3. The summed E-state index contributed by atoms with van der Waals surface area (Å²) in [5.74, 6) is 1.00. The fourth-order valence-corrected chi connectivity index (χ4v) is 2.98. The van der Waals surface area contributed by atoms with E-state index < -0.39 is 0 Å². The quantitative estimate of drug-likeness (QED) is 0.757. The van der Waals surface area contributed by atoms with Gasteiger partial charge in [0.2, 0.25) is 0 Å². The molecule has 0 aromatic carbocycles. The minimum absolute atomic E-state index is 0.357. The molecule has 2 aromatic heterocycles. The van der Waals surface area contributed by atoms with E-state index in [0.717, 1.165) is 12.2 Å². The van der Waals surface area contributed by atoms with Crippen LogP contribution in [-0.4, -0.2) is 0 Å². The zero-order chi connectivity index (χ0) is 9.97. The second kappa shape index (κ2) is 4.32. The molecule has 0 saturated carbocycles. The second-order valence-corrected chi connectivity index (χ2v) is 5.12. The molecule has 0 aliphatic rings. The molecule has 0 amide bonds. The lowest BCUT2D eigenvalue weighted by Crippen LogP contribution is -1.93. The highest BCUT2D eigenvalue weighted by Crippen LogP contribution is 2.30. The molecular formula is C11H11BrOS. The van der Waals surface area contributed by atoms with Crippen molar-refractivity contribution in [3.63, 3.8) is 0 Å². The Morgan fingerprint density at radius 3 is 2.93 bits per heavy atom. The minimum atomic E-state index is 0.357. The topological polar surface area (TPSA) is 13.1 Å². The Labute approximate surface area is 95.9 Å². The van der Waals surface area contributed by atoms with E-state index in [4.69, 9.17) is 4.42 Å². The Kier molecular flexibility index (Phi) is 3.08. The summed E-state index contributed by atoms with van der Waals surface area (Å²) in [7, 11) is 0. The first kappa shape index (κ1) is 9.99. The summed E-state index contributed by atoms with van der Waals surface area (Å²) < 4.78 is 5.28. The molecule has 2 aromatic rings. The fraction of sp³-hybridized carbons (Fsp3) is 0.273. The summed E-state index contributed by atoms with van der Waals surface area (Å²) >= 11 is 5.42. The van der Waals surface area contributed by atoms with Crippen molar-refractivity contribution in [2.24, 2.45) is 0 Å². The maximum absolute atomic E-state index is 5.28. The molecule has 3 heteroatoms. The first-order chi connectivity index (χ1) is 6.77. The van der Waals surface area contributed by atoms with Crippen molar-refractivity contribution in [3.8, 4) is 0 Å². The van der Waals surface area contributed by atoms with Gasteiger partial charge in [-0.1, -0.05) is 15.9 Å². The number of hydrogen-bond acceptors (Lipinski definition) is 2. The van der Waals surface area contributed by atoms with Crippen LogP contribution in [0.3, 0.4) is 0 Å². The largest absolute Gasteiger partial charge is 0.469 e. The molecule has 0 N–H and O–H groups in total. The summed E-state index contributed by atoms with van der Waals surface area (Å²) in [5.41, 5.74) is 2.62. The van der Waals surface area contributed by atoms with Crippen molar-refractivity contribution in [2.45, 2.75) is 18.2 Å². The average molecular weight is 271 g/mol. The van der Waals surface area contributed by atoms with Crippen LogP contribution in [0.2, 0.25) is 0 Å². The van der Waals surface area contributed by atoms with E-state index in [1.807, 2.05) is 13.0 Å². The smallest absolute Gasteiger partial charge is 0.105 e. The number of alkyl halides is 1. The van der Waals surface area contributed by atoms with Crippen molar-refractivity contribution in [1.29, 1.82) is 0 Å².